The van der Waals surface area contributed by atoms with E-state index in [9.17, 15) is 4.79 Å². The number of amides is 1. The lowest BCUT2D eigenvalue weighted by Gasteiger charge is -2.05. The molecule has 2 N–H and O–H groups in total. The first-order valence-electron chi connectivity index (χ1n) is 4.85. The fourth-order valence-corrected chi connectivity index (χ4v) is 1.81. The zero-order valence-corrected chi connectivity index (χ0v) is 9.01. The quantitative estimate of drug-likeness (QED) is 0.783. The van der Waals surface area contributed by atoms with Crippen molar-refractivity contribution >= 4 is 28.2 Å². The molecule has 1 aromatic heterocycles. The number of hydrogen-bond acceptors (Lipinski definition) is 5. The molecule has 0 saturated carbocycles. The van der Waals surface area contributed by atoms with Crippen molar-refractivity contribution in [3.05, 3.63) is 11.6 Å². The van der Waals surface area contributed by atoms with Gasteiger partial charge in [-0.1, -0.05) is 0 Å². The minimum atomic E-state index is -0.202. The van der Waals surface area contributed by atoms with E-state index in [4.69, 9.17) is 0 Å². The van der Waals surface area contributed by atoms with Crippen molar-refractivity contribution < 1.29 is 4.79 Å². The predicted molar refractivity (Wildman–Crippen MR) is 60.3 cm³/mol. The number of carbonyl (C=O) groups excluding carboxylic acids is 1. The Kier molecular flexibility index (Phi) is 3.29. The molecule has 0 unspecified atom stereocenters. The van der Waals surface area contributed by atoms with E-state index in [-0.39, 0.29) is 5.91 Å². The van der Waals surface area contributed by atoms with Gasteiger partial charge in [0.25, 0.3) is 5.91 Å². The van der Waals surface area contributed by atoms with Crippen LogP contribution in [0.1, 0.15) is 12.8 Å². The average Bonchev–Trinajstić information content (AvgIpc) is 2.58. The summed E-state index contributed by atoms with van der Waals surface area (Å²) in [5.74, 6) is 0.217. The highest BCUT2D eigenvalue weighted by molar-refractivity contribution is 7.13. The molecule has 1 aliphatic rings. The average molecular weight is 224 g/mol. The molecule has 1 amide bonds. The Balaban J connectivity index is 1.98. The molecule has 1 aliphatic heterocycles. The van der Waals surface area contributed by atoms with E-state index >= 15 is 0 Å². The highest BCUT2D eigenvalue weighted by Gasteiger charge is 2.13. The van der Waals surface area contributed by atoms with Crippen LogP contribution in [0.3, 0.4) is 0 Å². The topological polar surface area (TPSA) is 66.4 Å². The van der Waals surface area contributed by atoms with Gasteiger partial charge < -0.3 is 5.32 Å². The lowest BCUT2D eigenvalue weighted by atomic mass is 10.3. The molecule has 0 aliphatic carbocycles. The Bertz CT molecular complexity index is 360. The molecular weight excluding hydrogens is 212 g/mol. The van der Waals surface area contributed by atoms with Crippen LogP contribution in [0.25, 0.3) is 0 Å². The molecule has 6 heteroatoms. The van der Waals surface area contributed by atoms with Crippen LogP contribution in [0.4, 0.5) is 5.13 Å². The van der Waals surface area contributed by atoms with Crippen molar-refractivity contribution in [2.24, 2.45) is 4.99 Å². The van der Waals surface area contributed by atoms with Gasteiger partial charge in [-0.05, 0) is 12.8 Å². The van der Waals surface area contributed by atoms with Gasteiger partial charge in [-0.2, -0.15) is 0 Å². The summed E-state index contributed by atoms with van der Waals surface area (Å²) in [4.78, 5) is 19.8. The third kappa shape index (κ3) is 2.76. The molecule has 0 radical (unpaired) electrons. The van der Waals surface area contributed by atoms with Crippen LogP contribution in [0, 0.1) is 0 Å². The third-order valence-corrected chi connectivity index (χ3v) is 2.70. The van der Waals surface area contributed by atoms with Crippen molar-refractivity contribution in [2.75, 3.05) is 18.4 Å². The summed E-state index contributed by atoms with van der Waals surface area (Å²) in [6.45, 7) is 1.53. The second-order valence-corrected chi connectivity index (χ2v) is 4.05. The summed E-state index contributed by atoms with van der Waals surface area (Å²) in [5.41, 5.74) is 0. The fourth-order valence-electron chi connectivity index (χ4n) is 1.28. The summed E-state index contributed by atoms with van der Waals surface area (Å²) in [6, 6.07) is 0. The highest BCUT2D eigenvalue weighted by Crippen LogP contribution is 2.10. The summed E-state index contributed by atoms with van der Waals surface area (Å²) in [6.07, 6.45) is 3.74. The second kappa shape index (κ2) is 4.88. The molecule has 0 saturated heterocycles. The van der Waals surface area contributed by atoms with Crippen molar-refractivity contribution in [2.45, 2.75) is 12.8 Å². The van der Waals surface area contributed by atoms with Gasteiger partial charge in [0, 0.05) is 24.7 Å². The van der Waals surface area contributed by atoms with Gasteiger partial charge in [0.15, 0.2) is 11.0 Å². The maximum atomic E-state index is 11.7. The minimum absolute atomic E-state index is 0.202. The predicted octanol–water partition coefficient (Wildman–Crippen LogP) is 0.863. The van der Waals surface area contributed by atoms with Crippen LogP contribution in [-0.2, 0) is 4.79 Å². The molecule has 2 heterocycles. The van der Waals surface area contributed by atoms with Crippen LogP contribution in [0.5, 0.6) is 0 Å². The van der Waals surface area contributed by atoms with Crippen molar-refractivity contribution in [3.8, 4) is 0 Å². The first kappa shape index (κ1) is 10.1. The molecule has 0 spiro atoms. The molecule has 0 aromatic carbocycles. The monoisotopic (exact) mass is 224 g/mol. The number of anilines is 1. The lowest BCUT2D eigenvalue weighted by molar-refractivity contribution is -0.110. The van der Waals surface area contributed by atoms with Crippen LogP contribution >= 0.6 is 11.3 Å². The van der Waals surface area contributed by atoms with Gasteiger partial charge in [0.05, 0.1) is 0 Å². The molecule has 1 aromatic rings. The number of hydrogen-bond donors (Lipinski definition) is 2. The standard InChI is InChI=1S/C9H12N4OS/c14-8(13-9-12-5-6-15-9)7-10-3-1-2-4-11-7/h5-6H,1-4H2,(H,10,11)(H,12,13,14). The van der Waals surface area contributed by atoms with Crippen molar-refractivity contribution in [1.29, 1.82) is 0 Å². The molecule has 2 rings (SSSR count). The van der Waals surface area contributed by atoms with E-state index in [1.54, 1.807) is 6.20 Å². The molecule has 15 heavy (non-hydrogen) atoms. The maximum absolute atomic E-state index is 11.7. The summed E-state index contributed by atoms with van der Waals surface area (Å²) >= 11 is 1.39. The van der Waals surface area contributed by atoms with Crippen LogP contribution in [-0.4, -0.2) is 29.8 Å². The van der Waals surface area contributed by atoms with Crippen LogP contribution in [0.15, 0.2) is 16.6 Å². The Morgan fingerprint density at radius 1 is 1.53 bits per heavy atom. The Labute approximate surface area is 91.6 Å². The van der Waals surface area contributed by atoms with Crippen LogP contribution in [0.2, 0.25) is 0 Å². The number of nitrogens with zero attached hydrogens (tertiary/aromatic N) is 2. The normalized spacial score (nSPS) is 16.1. The van der Waals surface area contributed by atoms with Gasteiger partial charge in [-0.25, -0.2) is 4.98 Å². The van der Waals surface area contributed by atoms with E-state index in [1.807, 2.05) is 5.38 Å². The maximum Gasteiger partial charge on any atom is 0.292 e. The van der Waals surface area contributed by atoms with Crippen molar-refractivity contribution in [3.63, 3.8) is 0 Å². The molecule has 5 nitrogen and oxygen atoms in total. The Morgan fingerprint density at radius 2 is 2.47 bits per heavy atom. The zero-order valence-electron chi connectivity index (χ0n) is 8.19. The number of aliphatic imine (C=N–C) groups is 1. The third-order valence-electron chi connectivity index (χ3n) is 2.02. The minimum Gasteiger partial charge on any atom is -0.366 e. The van der Waals surface area contributed by atoms with Gasteiger partial charge in [0.2, 0.25) is 0 Å². The molecule has 0 bridgehead atoms. The molecule has 80 valence electrons. The smallest absolute Gasteiger partial charge is 0.292 e. The van der Waals surface area contributed by atoms with Crippen LogP contribution < -0.4 is 10.6 Å². The highest BCUT2D eigenvalue weighted by atomic mass is 32.1. The molecule has 0 atom stereocenters. The second-order valence-electron chi connectivity index (χ2n) is 3.16. The Hall–Kier alpha value is -1.43. The van der Waals surface area contributed by atoms with E-state index in [1.165, 1.54) is 11.3 Å². The number of rotatable bonds is 2. The largest absolute Gasteiger partial charge is 0.366 e. The first-order valence-corrected chi connectivity index (χ1v) is 5.73. The van der Waals surface area contributed by atoms with E-state index in [0.29, 0.717) is 17.5 Å². The first-order chi connectivity index (χ1) is 7.36. The number of thiazole rings is 1. The van der Waals surface area contributed by atoms with Gasteiger partial charge in [0.1, 0.15) is 0 Å². The fraction of sp³-hybridized carbons (Fsp3) is 0.444. The Morgan fingerprint density at radius 3 is 3.27 bits per heavy atom. The van der Waals surface area contributed by atoms with E-state index in [2.05, 4.69) is 20.6 Å². The summed E-state index contributed by atoms with van der Waals surface area (Å²) in [7, 11) is 0. The molecular formula is C9H12N4OS. The zero-order chi connectivity index (χ0) is 10.5. The summed E-state index contributed by atoms with van der Waals surface area (Å²) < 4.78 is 0. The number of nitrogens with one attached hydrogen (secondary N) is 2. The van der Waals surface area contributed by atoms with Gasteiger partial charge in [-0.3, -0.25) is 15.1 Å². The lowest BCUT2D eigenvalue weighted by Crippen LogP contribution is -2.35. The van der Waals surface area contributed by atoms with E-state index < -0.39 is 0 Å². The van der Waals surface area contributed by atoms with Gasteiger partial charge >= 0.3 is 0 Å². The number of amidine groups is 1. The van der Waals surface area contributed by atoms with Crippen molar-refractivity contribution in [1.82, 2.24) is 10.3 Å². The molecule has 0 fully saturated rings. The van der Waals surface area contributed by atoms with E-state index in [0.717, 1.165) is 19.4 Å². The number of aromatic nitrogens is 1. The SMILES string of the molecule is O=C(Nc1nccs1)C1=NCCCCN1. The summed E-state index contributed by atoms with van der Waals surface area (Å²) in [5, 5.41) is 8.13. The number of carbonyl (C=O) groups is 1. The van der Waals surface area contributed by atoms with Gasteiger partial charge in [-0.15, -0.1) is 11.3 Å².